The number of hydrogen-bond donors (Lipinski definition) is 3. The zero-order chi connectivity index (χ0) is 18.8. The maximum absolute atomic E-state index is 12.0. The molecule has 1 aliphatic carbocycles. The molecule has 3 N–H and O–H groups in total. The summed E-state index contributed by atoms with van der Waals surface area (Å²) in [6.45, 7) is 5.13. The van der Waals surface area contributed by atoms with Crippen LogP contribution in [0.2, 0.25) is 0 Å². The van der Waals surface area contributed by atoms with Gasteiger partial charge in [0.25, 0.3) is 5.91 Å². The highest BCUT2D eigenvalue weighted by Crippen LogP contribution is 2.19. The molecular weight excluding hydrogens is 326 g/mol. The molecule has 0 bridgehead atoms. The molecule has 5 nitrogen and oxygen atoms in total. The van der Waals surface area contributed by atoms with Crippen LogP contribution in [0.1, 0.15) is 62.7 Å². The summed E-state index contributed by atoms with van der Waals surface area (Å²) < 4.78 is 0. The van der Waals surface area contributed by atoms with Gasteiger partial charge in [0, 0.05) is 17.3 Å². The number of anilines is 1. The number of benzene rings is 1. The lowest BCUT2D eigenvalue weighted by Gasteiger charge is -2.13. The molecule has 0 aromatic heterocycles. The van der Waals surface area contributed by atoms with Crippen molar-refractivity contribution < 1.29 is 9.59 Å². The van der Waals surface area contributed by atoms with Gasteiger partial charge >= 0.3 is 0 Å². The van der Waals surface area contributed by atoms with E-state index >= 15 is 0 Å². The van der Waals surface area contributed by atoms with E-state index in [1.54, 1.807) is 24.3 Å². The standard InChI is InChI=1S/C21H31N3O2/c1-3-16(2)23-21(26)18-9-11-19(12-10-18)24-20(25)15-22-14-13-17-7-5-4-6-8-17/h7,9-12,16,22H,3-6,8,13-15H2,1-2H3,(H,23,26)(H,24,25). The van der Waals surface area contributed by atoms with Crippen LogP contribution in [-0.2, 0) is 4.79 Å². The molecule has 26 heavy (non-hydrogen) atoms. The Balaban J connectivity index is 1.69. The van der Waals surface area contributed by atoms with Crippen molar-refractivity contribution in [1.82, 2.24) is 10.6 Å². The van der Waals surface area contributed by atoms with E-state index in [-0.39, 0.29) is 17.9 Å². The van der Waals surface area contributed by atoms with Gasteiger partial charge in [0.05, 0.1) is 6.54 Å². The molecule has 2 rings (SSSR count). The Hall–Kier alpha value is -2.14. The molecular formula is C21H31N3O2. The first kappa shape index (κ1) is 20.2. The van der Waals surface area contributed by atoms with Crippen molar-refractivity contribution in [3.8, 4) is 0 Å². The minimum Gasteiger partial charge on any atom is -0.350 e. The minimum atomic E-state index is -0.0871. The van der Waals surface area contributed by atoms with Gasteiger partial charge in [0.1, 0.15) is 0 Å². The monoisotopic (exact) mass is 357 g/mol. The van der Waals surface area contributed by atoms with Gasteiger partial charge in [0.15, 0.2) is 0 Å². The summed E-state index contributed by atoms with van der Waals surface area (Å²) in [4.78, 5) is 24.0. The fraction of sp³-hybridized carbons (Fsp3) is 0.524. The van der Waals surface area contributed by atoms with Gasteiger partial charge < -0.3 is 16.0 Å². The maximum atomic E-state index is 12.0. The third-order valence-corrected chi connectivity index (χ3v) is 4.71. The number of nitrogens with one attached hydrogen (secondary N) is 3. The van der Waals surface area contributed by atoms with Crippen molar-refractivity contribution in [3.63, 3.8) is 0 Å². The Bertz CT molecular complexity index is 623. The van der Waals surface area contributed by atoms with Crippen LogP contribution in [0.4, 0.5) is 5.69 Å². The molecule has 1 unspecified atom stereocenters. The Morgan fingerprint density at radius 3 is 2.58 bits per heavy atom. The number of rotatable bonds is 9. The first-order valence-corrected chi connectivity index (χ1v) is 9.68. The third kappa shape index (κ3) is 7.00. The van der Waals surface area contributed by atoms with Crippen molar-refractivity contribution in [1.29, 1.82) is 0 Å². The number of carbonyl (C=O) groups is 2. The Morgan fingerprint density at radius 2 is 1.92 bits per heavy atom. The van der Waals surface area contributed by atoms with Crippen LogP contribution in [-0.4, -0.2) is 30.9 Å². The highest BCUT2D eigenvalue weighted by atomic mass is 16.2. The Morgan fingerprint density at radius 1 is 1.15 bits per heavy atom. The average Bonchev–Trinajstić information content (AvgIpc) is 2.66. The summed E-state index contributed by atoms with van der Waals surface area (Å²) in [6.07, 6.45) is 9.24. The van der Waals surface area contributed by atoms with Gasteiger partial charge in [-0.15, -0.1) is 0 Å². The van der Waals surface area contributed by atoms with Gasteiger partial charge in [-0.3, -0.25) is 9.59 Å². The van der Waals surface area contributed by atoms with E-state index in [2.05, 4.69) is 22.0 Å². The molecule has 142 valence electrons. The first-order chi connectivity index (χ1) is 12.6. The molecule has 0 radical (unpaired) electrons. The van der Waals surface area contributed by atoms with Crippen LogP contribution in [0.25, 0.3) is 0 Å². The van der Waals surface area contributed by atoms with E-state index in [1.807, 2.05) is 13.8 Å². The van der Waals surface area contributed by atoms with E-state index in [9.17, 15) is 9.59 Å². The highest BCUT2D eigenvalue weighted by molar-refractivity contribution is 5.96. The summed E-state index contributed by atoms with van der Waals surface area (Å²) >= 11 is 0. The minimum absolute atomic E-state index is 0.0700. The normalized spacial score (nSPS) is 15.1. The molecule has 2 amide bonds. The van der Waals surface area contributed by atoms with Gasteiger partial charge in [-0.05, 0) is 76.3 Å². The summed E-state index contributed by atoms with van der Waals surface area (Å²) in [5.74, 6) is -0.157. The molecule has 5 heteroatoms. The molecule has 0 saturated heterocycles. The van der Waals surface area contributed by atoms with E-state index in [1.165, 1.54) is 31.3 Å². The fourth-order valence-corrected chi connectivity index (χ4v) is 2.90. The molecule has 1 aromatic carbocycles. The zero-order valence-corrected chi connectivity index (χ0v) is 15.9. The number of amides is 2. The Kier molecular flexibility index (Phi) is 8.35. The van der Waals surface area contributed by atoms with Crippen molar-refractivity contribution in [2.75, 3.05) is 18.4 Å². The van der Waals surface area contributed by atoms with Crippen LogP contribution in [0.3, 0.4) is 0 Å². The largest absolute Gasteiger partial charge is 0.350 e. The summed E-state index contributed by atoms with van der Waals surface area (Å²) in [5.41, 5.74) is 2.81. The highest BCUT2D eigenvalue weighted by Gasteiger charge is 2.09. The van der Waals surface area contributed by atoms with E-state index in [0.717, 1.165) is 19.4 Å². The predicted molar refractivity (Wildman–Crippen MR) is 106 cm³/mol. The number of carbonyl (C=O) groups excluding carboxylic acids is 2. The molecule has 1 aromatic rings. The molecule has 0 heterocycles. The van der Waals surface area contributed by atoms with Gasteiger partial charge in [-0.1, -0.05) is 18.6 Å². The third-order valence-electron chi connectivity index (χ3n) is 4.71. The lowest BCUT2D eigenvalue weighted by atomic mass is 9.97. The number of allylic oxidation sites excluding steroid dienone is 1. The van der Waals surface area contributed by atoms with Crippen molar-refractivity contribution in [3.05, 3.63) is 41.5 Å². The second-order valence-electron chi connectivity index (χ2n) is 6.94. The molecule has 0 saturated carbocycles. The van der Waals surface area contributed by atoms with Gasteiger partial charge in [-0.25, -0.2) is 0 Å². The lowest BCUT2D eigenvalue weighted by molar-refractivity contribution is -0.115. The van der Waals surface area contributed by atoms with Crippen LogP contribution in [0.15, 0.2) is 35.9 Å². The number of hydrogen-bond acceptors (Lipinski definition) is 3. The topological polar surface area (TPSA) is 70.2 Å². The first-order valence-electron chi connectivity index (χ1n) is 9.68. The predicted octanol–water partition coefficient (Wildman–Crippen LogP) is 3.63. The molecule has 0 fully saturated rings. The summed E-state index contributed by atoms with van der Waals surface area (Å²) in [7, 11) is 0. The molecule has 0 spiro atoms. The van der Waals surface area contributed by atoms with Crippen LogP contribution in [0.5, 0.6) is 0 Å². The Labute approximate surface area is 156 Å². The summed E-state index contributed by atoms with van der Waals surface area (Å²) in [5, 5.41) is 8.97. The van der Waals surface area contributed by atoms with Crippen molar-refractivity contribution >= 4 is 17.5 Å². The SMILES string of the molecule is CCC(C)NC(=O)c1ccc(NC(=O)CNCCC2=CCCCC2)cc1. The van der Waals surface area contributed by atoms with Gasteiger partial charge in [-0.2, -0.15) is 0 Å². The van der Waals surface area contributed by atoms with Crippen LogP contribution < -0.4 is 16.0 Å². The molecule has 1 aliphatic rings. The van der Waals surface area contributed by atoms with Crippen molar-refractivity contribution in [2.45, 2.75) is 58.4 Å². The zero-order valence-electron chi connectivity index (χ0n) is 15.9. The second kappa shape index (κ2) is 10.8. The van der Waals surface area contributed by atoms with Crippen molar-refractivity contribution in [2.24, 2.45) is 0 Å². The van der Waals surface area contributed by atoms with Crippen LogP contribution in [0, 0.1) is 0 Å². The summed E-state index contributed by atoms with van der Waals surface area (Å²) in [6, 6.07) is 7.14. The smallest absolute Gasteiger partial charge is 0.251 e. The second-order valence-corrected chi connectivity index (χ2v) is 6.94. The molecule has 1 atom stereocenters. The van der Waals surface area contributed by atoms with E-state index < -0.39 is 0 Å². The van der Waals surface area contributed by atoms with E-state index in [0.29, 0.717) is 17.8 Å². The van der Waals surface area contributed by atoms with Gasteiger partial charge in [0.2, 0.25) is 5.91 Å². The quantitative estimate of drug-likeness (QED) is 0.467. The molecule has 0 aliphatic heterocycles. The average molecular weight is 357 g/mol. The fourth-order valence-electron chi connectivity index (χ4n) is 2.90. The van der Waals surface area contributed by atoms with Crippen LogP contribution >= 0.6 is 0 Å². The van der Waals surface area contributed by atoms with E-state index in [4.69, 9.17) is 0 Å². The lowest BCUT2D eigenvalue weighted by Crippen LogP contribution is -2.32. The maximum Gasteiger partial charge on any atom is 0.251 e.